The average molecular weight is 274 g/mol. The van der Waals surface area contributed by atoms with E-state index < -0.39 is 0 Å². The molecular formula is C16H22N2O2. The Morgan fingerprint density at radius 2 is 2.30 bits per heavy atom. The summed E-state index contributed by atoms with van der Waals surface area (Å²) in [5.41, 5.74) is 2.23. The Morgan fingerprint density at radius 3 is 3.10 bits per heavy atom. The number of carbonyl (C=O) groups excluding carboxylic acids is 1. The third-order valence-electron chi connectivity index (χ3n) is 4.29. The van der Waals surface area contributed by atoms with Crippen LogP contribution in [0.15, 0.2) is 24.3 Å². The largest absolute Gasteiger partial charge is 0.384 e. The highest BCUT2D eigenvalue weighted by Crippen LogP contribution is 2.32. The summed E-state index contributed by atoms with van der Waals surface area (Å²) < 4.78 is 5.49. The molecule has 0 bridgehead atoms. The van der Waals surface area contributed by atoms with Gasteiger partial charge in [-0.2, -0.15) is 0 Å². The highest BCUT2D eigenvalue weighted by molar-refractivity contribution is 5.88. The summed E-state index contributed by atoms with van der Waals surface area (Å²) in [6.45, 7) is 3.17. The fourth-order valence-corrected chi connectivity index (χ4v) is 3.20. The number of nitrogens with one attached hydrogen (secondary N) is 1. The summed E-state index contributed by atoms with van der Waals surface area (Å²) in [5, 5.41) is 3.32. The van der Waals surface area contributed by atoms with Crippen molar-refractivity contribution in [2.45, 2.75) is 18.8 Å². The Balaban J connectivity index is 1.64. The van der Waals surface area contributed by atoms with Crippen molar-refractivity contribution in [3.05, 3.63) is 29.8 Å². The van der Waals surface area contributed by atoms with E-state index in [-0.39, 0.29) is 11.8 Å². The van der Waals surface area contributed by atoms with E-state index in [1.807, 2.05) is 30.1 Å². The van der Waals surface area contributed by atoms with Gasteiger partial charge in [0.05, 0.1) is 12.5 Å². The molecule has 0 aromatic heterocycles. The molecule has 1 saturated heterocycles. The van der Waals surface area contributed by atoms with Gasteiger partial charge in [0.25, 0.3) is 0 Å². The first kappa shape index (κ1) is 13.4. The van der Waals surface area contributed by atoms with Crippen LogP contribution >= 0.6 is 0 Å². The van der Waals surface area contributed by atoms with Gasteiger partial charge in [-0.1, -0.05) is 18.2 Å². The minimum absolute atomic E-state index is 0.0410. The third kappa shape index (κ3) is 2.66. The van der Waals surface area contributed by atoms with Gasteiger partial charge < -0.3 is 15.0 Å². The zero-order chi connectivity index (χ0) is 13.9. The number of para-hydroxylation sites is 1. The van der Waals surface area contributed by atoms with E-state index in [1.165, 1.54) is 0 Å². The van der Waals surface area contributed by atoms with Crippen LogP contribution in [-0.2, 0) is 9.53 Å². The molecule has 0 saturated carbocycles. The molecular weight excluding hydrogens is 252 g/mol. The molecule has 2 aliphatic heterocycles. The lowest BCUT2D eigenvalue weighted by Gasteiger charge is -2.28. The van der Waals surface area contributed by atoms with Crippen LogP contribution in [0.5, 0.6) is 0 Å². The second-order valence-corrected chi connectivity index (χ2v) is 5.82. The van der Waals surface area contributed by atoms with E-state index in [1.54, 1.807) is 0 Å². The summed E-state index contributed by atoms with van der Waals surface area (Å²) in [4.78, 5) is 14.5. The topological polar surface area (TPSA) is 41.6 Å². The zero-order valence-corrected chi connectivity index (χ0v) is 12.0. The molecule has 2 heterocycles. The fourth-order valence-electron chi connectivity index (χ4n) is 3.20. The number of nitrogens with zero attached hydrogens (tertiary/aromatic N) is 1. The van der Waals surface area contributed by atoms with Gasteiger partial charge in [-0.25, -0.2) is 0 Å². The van der Waals surface area contributed by atoms with Crippen molar-refractivity contribution in [2.75, 3.05) is 38.7 Å². The molecule has 0 spiro atoms. The molecule has 4 nitrogen and oxygen atoms in total. The highest BCUT2D eigenvalue weighted by Gasteiger charge is 2.31. The van der Waals surface area contributed by atoms with Crippen LogP contribution in [0, 0.1) is 5.92 Å². The zero-order valence-electron chi connectivity index (χ0n) is 12.0. The molecule has 108 valence electrons. The van der Waals surface area contributed by atoms with E-state index in [9.17, 15) is 4.79 Å². The second kappa shape index (κ2) is 5.83. The number of benzene rings is 1. The number of amides is 1. The van der Waals surface area contributed by atoms with Crippen LogP contribution in [0.1, 0.15) is 24.3 Å². The molecule has 0 aliphatic carbocycles. The molecule has 1 aromatic carbocycles. The van der Waals surface area contributed by atoms with E-state index in [2.05, 4.69) is 11.4 Å². The third-order valence-corrected chi connectivity index (χ3v) is 4.29. The predicted octanol–water partition coefficient (Wildman–Crippen LogP) is 2.08. The molecule has 4 heteroatoms. The Bertz CT molecular complexity index is 483. The molecule has 1 N–H and O–H groups in total. The summed E-state index contributed by atoms with van der Waals surface area (Å²) in [6.07, 6.45) is 2.28. The lowest BCUT2D eigenvalue weighted by molar-refractivity contribution is -0.132. The summed E-state index contributed by atoms with van der Waals surface area (Å²) in [7, 11) is 1.91. The number of fused-ring (bicyclic) bond motifs is 1. The van der Waals surface area contributed by atoms with Gasteiger partial charge in [0.15, 0.2) is 0 Å². The average Bonchev–Trinajstić information content (AvgIpc) is 2.91. The van der Waals surface area contributed by atoms with Crippen LogP contribution in [0.2, 0.25) is 0 Å². The van der Waals surface area contributed by atoms with Crippen LogP contribution in [-0.4, -0.2) is 44.2 Å². The molecule has 1 amide bonds. The number of carbonyl (C=O) groups is 1. The number of likely N-dealkylation sites (N-methyl/N-ethyl adjacent to an activating group) is 1. The maximum Gasteiger partial charge on any atom is 0.231 e. The Morgan fingerprint density at radius 1 is 1.45 bits per heavy atom. The monoisotopic (exact) mass is 274 g/mol. The number of anilines is 1. The molecule has 0 radical (unpaired) electrons. The molecule has 20 heavy (non-hydrogen) atoms. The summed E-state index contributed by atoms with van der Waals surface area (Å²) in [6, 6.07) is 8.09. The highest BCUT2D eigenvalue weighted by atomic mass is 16.5. The first-order chi connectivity index (χ1) is 9.75. The molecule has 2 unspecified atom stereocenters. The van der Waals surface area contributed by atoms with E-state index >= 15 is 0 Å². The van der Waals surface area contributed by atoms with Crippen molar-refractivity contribution in [3.63, 3.8) is 0 Å². The molecule has 1 aromatic rings. The van der Waals surface area contributed by atoms with Gasteiger partial charge in [-0.05, 0) is 30.4 Å². The predicted molar refractivity (Wildman–Crippen MR) is 78.9 cm³/mol. The molecule has 3 rings (SSSR count). The normalized spacial score (nSPS) is 24.9. The van der Waals surface area contributed by atoms with Crippen molar-refractivity contribution in [2.24, 2.45) is 5.92 Å². The quantitative estimate of drug-likeness (QED) is 0.917. The molecule has 1 fully saturated rings. The van der Waals surface area contributed by atoms with Gasteiger partial charge in [-0.3, -0.25) is 4.79 Å². The van der Waals surface area contributed by atoms with E-state index in [4.69, 9.17) is 4.74 Å². The number of hydrogen-bond acceptors (Lipinski definition) is 3. The number of hydrogen-bond donors (Lipinski definition) is 1. The van der Waals surface area contributed by atoms with Gasteiger partial charge in [0.2, 0.25) is 5.91 Å². The second-order valence-electron chi connectivity index (χ2n) is 5.82. The van der Waals surface area contributed by atoms with Crippen molar-refractivity contribution < 1.29 is 9.53 Å². The summed E-state index contributed by atoms with van der Waals surface area (Å²) >= 11 is 0. The van der Waals surface area contributed by atoms with Crippen molar-refractivity contribution in [3.8, 4) is 0 Å². The Kier molecular flexibility index (Phi) is 3.92. The van der Waals surface area contributed by atoms with E-state index in [0.29, 0.717) is 12.5 Å². The van der Waals surface area contributed by atoms with Crippen molar-refractivity contribution in [1.82, 2.24) is 4.90 Å². The maximum atomic E-state index is 12.6. The first-order valence-electron chi connectivity index (χ1n) is 7.41. The minimum atomic E-state index is -0.0410. The fraction of sp³-hybridized carbons (Fsp3) is 0.562. The van der Waals surface area contributed by atoms with Gasteiger partial charge in [0.1, 0.15) is 0 Å². The van der Waals surface area contributed by atoms with Crippen LogP contribution in [0.25, 0.3) is 0 Å². The number of ether oxygens (including phenoxy) is 1. The lowest BCUT2D eigenvalue weighted by Crippen LogP contribution is -2.38. The Labute approximate surface area is 120 Å². The maximum absolute atomic E-state index is 12.6. The molecule has 2 atom stereocenters. The van der Waals surface area contributed by atoms with Crippen LogP contribution < -0.4 is 5.32 Å². The lowest BCUT2D eigenvalue weighted by atomic mass is 9.98. The van der Waals surface area contributed by atoms with Crippen molar-refractivity contribution >= 4 is 11.6 Å². The van der Waals surface area contributed by atoms with Crippen molar-refractivity contribution in [1.29, 1.82) is 0 Å². The van der Waals surface area contributed by atoms with Gasteiger partial charge >= 0.3 is 0 Å². The smallest absolute Gasteiger partial charge is 0.231 e. The SMILES string of the molecule is CN(CC1CCCOC1)C(=O)C1CNc2ccccc21. The number of rotatable bonds is 3. The van der Waals surface area contributed by atoms with Gasteiger partial charge in [0, 0.05) is 32.4 Å². The Hall–Kier alpha value is -1.55. The molecule has 2 aliphatic rings. The van der Waals surface area contributed by atoms with E-state index in [0.717, 1.165) is 43.9 Å². The van der Waals surface area contributed by atoms with Crippen LogP contribution in [0.3, 0.4) is 0 Å². The standard InChI is InChI=1S/C16H22N2O2/c1-18(10-12-5-4-8-20-11-12)16(19)14-9-17-15-7-3-2-6-13(14)15/h2-3,6-7,12,14,17H,4-5,8-11H2,1H3. The van der Waals surface area contributed by atoms with Crippen LogP contribution in [0.4, 0.5) is 5.69 Å². The van der Waals surface area contributed by atoms with Gasteiger partial charge in [-0.15, -0.1) is 0 Å². The summed E-state index contributed by atoms with van der Waals surface area (Å²) in [5.74, 6) is 0.663. The first-order valence-corrected chi connectivity index (χ1v) is 7.41. The minimum Gasteiger partial charge on any atom is -0.384 e.